The first-order valence-corrected chi connectivity index (χ1v) is 8.53. The van der Waals surface area contributed by atoms with Gasteiger partial charge in [0.1, 0.15) is 5.75 Å². The summed E-state index contributed by atoms with van der Waals surface area (Å²) in [5, 5.41) is 7.89. The van der Waals surface area contributed by atoms with Crippen LogP contribution in [0, 0.1) is 6.92 Å². The fourth-order valence-corrected chi connectivity index (χ4v) is 3.00. The lowest BCUT2D eigenvalue weighted by molar-refractivity contribution is -0.131. The predicted octanol–water partition coefficient (Wildman–Crippen LogP) is 2.23. The summed E-state index contributed by atoms with van der Waals surface area (Å²) >= 11 is 0. The first-order valence-electron chi connectivity index (χ1n) is 8.53. The van der Waals surface area contributed by atoms with Gasteiger partial charge in [-0.25, -0.2) is 0 Å². The zero-order valence-electron chi connectivity index (χ0n) is 14.9. The molecule has 1 fully saturated rings. The summed E-state index contributed by atoms with van der Waals surface area (Å²) in [6.07, 6.45) is 0.506. The van der Waals surface area contributed by atoms with E-state index in [1.54, 1.807) is 14.0 Å². The third kappa shape index (κ3) is 4.10. The first kappa shape index (κ1) is 17.3. The smallest absolute Gasteiger partial charge is 0.318 e. The fourth-order valence-electron chi connectivity index (χ4n) is 3.00. The highest BCUT2D eigenvalue weighted by molar-refractivity contribution is 5.77. The Morgan fingerprint density at radius 3 is 2.44 bits per heavy atom. The van der Waals surface area contributed by atoms with E-state index in [0.29, 0.717) is 44.5 Å². The molecule has 0 N–H and O–H groups in total. The summed E-state index contributed by atoms with van der Waals surface area (Å²) < 4.78 is 10.6. The van der Waals surface area contributed by atoms with Gasteiger partial charge in [-0.2, -0.15) is 0 Å². The van der Waals surface area contributed by atoms with Gasteiger partial charge in [0.25, 0.3) is 0 Å². The normalized spacial score (nSPS) is 16.0. The number of aryl methyl sites for hydroxylation is 1. The molecule has 2 aromatic rings. The highest BCUT2D eigenvalue weighted by atomic mass is 16.5. The quantitative estimate of drug-likeness (QED) is 0.828. The lowest BCUT2D eigenvalue weighted by atomic mass is 9.97. The summed E-state index contributed by atoms with van der Waals surface area (Å²) in [5.74, 6) is 1.75. The second-order valence-corrected chi connectivity index (χ2v) is 6.35. The maximum Gasteiger partial charge on any atom is 0.318 e. The Hall–Kier alpha value is -2.57. The minimum atomic E-state index is 0.176. The minimum absolute atomic E-state index is 0.176. The van der Waals surface area contributed by atoms with Crippen molar-refractivity contribution >= 4 is 11.9 Å². The van der Waals surface area contributed by atoms with Crippen LogP contribution in [-0.4, -0.2) is 54.3 Å². The molecule has 7 heteroatoms. The number of hydrogen-bond donors (Lipinski definition) is 0. The molecule has 2 heterocycles. The van der Waals surface area contributed by atoms with Crippen molar-refractivity contribution < 1.29 is 13.9 Å². The minimum Gasteiger partial charge on any atom is -0.497 e. The highest BCUT2D eigenvalue weighted by Crippen LogP contribution is 2.23. The molecular formula is C18H24N4O3. The van der Waals surface area contributed by atoms with E-state index in [9.17, 15) is 4.79 Å². The molecule has 0 radical (unpaired) electrons. The van der Waals surface area contributed by atoms with Crippen LogP contribution in [0.25, 0.3) is 0 Å². The number of hydrogen-bond acceptors (Lipinski definition) is 6. The Kier molecular flexibility index (Phi) is 5.21. The van der Waals surface area contributed by atoms with Crippen LogP contribution in [-0.2, 0) is 4.79 Å². The molecule has 0 spiro atoms. The number of carbonyl (C=O) groups excluding carboxylic acids is 1. The Bertz CT molecular complexity index is 705. The van der Waals surface area contributed by atoms with E-state index >= 15 is 0 Å². The predicted molar refractivity (Wildman–Crippen MR) is 93.9 cm³/mol. The zero-order chi connectivity index (χ0) is 17.8. The second-order valence-electron chi connectivity index (χ2n) is 6.35. The number of benzene rings is 1. The Morgan fingerprint density at radius 1 is 1.20 bits per heavy atom. The van der Waals surface area contributed by atoms with Crippen LogP contribution in [0.4, 0.5) is 6.01 Å². The van der Waals surface area contributed by atoms with Crippen molar-refractivity contribution in [1.29, 1.82) is 0 Å². The fraction of sp³-hybridized carbons (Fsp3) is 0.500. The van der Waals surface area contributed by atoms with Crippen LogP contribution in [0.5, 0.6) is 5.75 Å². The number of nitrogens with zero attached hydrogens (tertiary/aromatic N) is 4. The van der Waals surface area contributed by atoms with Gasteiger partial charge in [0.05, 0.1) is 7.11 Å². The molecule has 1 unspecified atom stereocenters. The molecule has 3 rings (SSSR count). The second kappa shape index (κ2) is 7.55. The zero-order valence-corrected chi connectivity index (χ0v) is 14.9. The number of methoxy groups -OCH3 is 1. The van der Waals surface area contributed by atoms with Crippen LogP contribution >= 0.6 is 0 Å². The maximum atomic E-state index is 12.6. The van der Waals surface area contributed by atoms with Crippen molar-refractivity contribution in [3.8, 4) is 5.75 Å². The van der Waals surface area contributed by atoms with Crippen molar-refractivity contribution in [3.63, 3.8) is 0 Å². The third-order valence-corrected chi connectivity index (χ3v) is 4.58. The van der Waals surface area contributed by atoms with E-state index in [4.69, 9.17) is 9.15 Å². The van der Waals surface area contributed by atoms with Crippen LogP contribution < -0.4 is 9.64 Å². The SMILES string of the molecule is COc1ccc(C(C)CC(=O)N2CCN(c3nnc(C)o3)CC2)cc1. The number of aromatic nitrogens is 2. The van der Waals surface area contributed by atoms with E-state index < -0.39 is 0 Å². The van der Waals surface area contributed by atoms with Gasteiger partial charge in [-0.05, 0) is 23.6 Å². The molecule has 1 aliphatic rings. The van der Waals surface area contributed by atoms with Crippen LogP contribution in [0.15, 0.2) is 28.7 Å². The van der Waals surface area contributed by atoms with Gasteiger partial charge in [0.2, 0.25) is 11.8 Å². The van der Waals surface area contributed by atoms with Crippen molar-refractivity contribution in [2.75, 3.05) is 38.2 Å². The molecular weight excluding hydrogens is 320 g/mol. The monoisotopic (exact) mass is 344 g/mol. The van der Waals surface area contributed by atoms with Crippen molar-refractivity contribution in [3.05, 3.63) is 35.7 Å². The van der Waals surface area contributed by atoms with Gasteiger partial charge >= 0.3 is 6.01 Å². The molecule has 1 amide bonds. The Balaban J connectivity index is 1.51. The maximum absolute atomic E-state index is 12.6. The van der Waals surface area contributed by atoms with E-state index in [-0.39, 0.29) is 11.8 Å². The molecule has 1 aliphatic heterocycles. The average molecular weight is 344 g/mol. The molecule has 134 valence electrons. The molecule has 1 atom stereocenters. The largest absolute Gasteiger partial charge is 0.497 e. The number of ether oxygens (including phenoxy) is 1. The lowest BCUT2D eigenvalue weighted by Gasteiger charge is -2.34. The van der Waals surface area contributed by atoms with Gasteiger partial charge in [0, 0.05) is 39.5 Å². The summed E-state index contributed by atoms with van der Waals surface area (Å²) in [5.41, 5.74) is 1.15. The lowest BCUT2D eigenvalue weighted by Crippen LogP contribution is -2.49. The van der Waals surface area contributed by atoms with Gasteiger partial charge < -0.3 is 19.0 Å². The van der Waals surface area contributed by atoms with Gasteiger partial charge in [-0.15, -0.1) is 5.10 Å². The van der Waals surface area contributed by atoms with Crippen LogP contribution in [0.3, 0.4) is 0 Å². The summed E-state index contributed by atoms with van der Waals surface area (Å²) in [6, 6.07) is 8.44. The third-order valence-electron chi connectivity index (χ3n) is 4.58. The van der Waals surface area contributed by atoms with Crippen molar-refractivity contribution in [2.45, 2.75) is 26.2 Å². The van der Waals surface area contributed by atoms with E-state index in [2.05, 4.69) is 17.1 Å². The Labute approximate surface area is 147 Å². The van der Waals surface area contributed by atoms with E-state index in [1.165, 1.54) is 0 Å². The number of amides is 1. The summed E-state index contributed by atoms with van der Waals surface area (Å²) in [4.78, 5) is 16.5. The molecule has 0 saturated carbocycles. The number of rotatable bonds is 5. The molecule has 1 saturated heterocycles. The summed E-state index contributed by atoms with van der Waals surface area (Å²) in [6.45, 7) is 6.63. The van der Waals surface area contributed by atoms with Crippen molar-refractivity contribution in [1.82, 2.24) is 15.1 Å². The van der Waals surface area contributed by atoms with E-state index in [1.807, 2.05) is 34.1 Å². The molecule has 0 bridgehead atoms. The highest BCUT2D eigenvalue weighted by Gasteiger charge is 2.25. The van der Waals surface area contributed by atoms with Crippen molar-refractivity contribution in [2.24, 2.45) is 0 Å². The number of carbonyl (C=O) groups is 1. The average Bonchev–Trinajstić information content (AvgIpc) is 3.08. The molecule has 25 heavy (non-hydrogen) atoms. The summed E-state index contributed by atoms with van der Waals surface area (Å²) in [7, 11) is 1.65. The molecule has 7 nitrogen and oxygen atoms in total. The Morgan fingerprint density at radius 2 is 1.88 bits per heavy atom. The molecule has 0 aliphatic carbocycles. The van der Waals surface area contributed by atoms with Gasteiger partial charge in [0.15, 0.2) is 0 Å². The molecule has 1 aromatic carbocycles. The topological polar surface area (TPSA) is 71.7 Å². The number of anilines is 1. The number of piperazine rings is 1. The van der Waals surface area contributed by atoms with Gasteiger partial charge in [-0.3, -0.25) is 4.79 Å². The van der Waals surface area contributed by atoms with Crippen LogP contribution in [0.2, 0.25) is 0 Å². The first-order chi connectivity index (χ1) is 12.1. The van der Waals surface area contributed by atoms with E-state index in [0.717, 1.165) is 11.3 Å². The molecule has 1 aromatic heterocycles. The van der Waals surface area contributed by atoms with Crippen LogP contribution in [0.1, 0.15) is 30.7 Å². The van der Waals surface area contributed by atoms with Gasteiger partial charge in [-0.1, -0.05) is 24.2 Å². The standard InChI is InChI=1S/C18H24N4O3/c1-13(15-4-6-16(24-3)7-5-15)12-17(23)21-8-10-22(11-9-21)18-20-19-14(2)25-18/h4-7,13H,8-12H2,1-3H3.